The Morgan fingerprint density at radius 3 is 2.50 bits per heavy atom. The number of fused-ring (bicyclic) bond motifs is 1. The first kappa shape index (κ1) is 11.9. The number of hydrazone groups is 1. The molecule has 0 fully saturated rings. The van der Waals surface area contributed by atoms with Gasteiger partial charge in [-0.25, -0.2) is 0 Å². The minimum Gasteiger partial charge on any atom is -0.508 e. The van der Waals surface area contributed by atoms with Crippen LogP contribution < -0.4 is 5.43 Å². The Morgan fingerprint density at radius 2 is 1.83 bits per heavy atom. The summed E-state index contributed by atoms with van der Waals surface area (Å²) in [6, 6.07) is 6.71. The minimum absolute atomic E-state index is 0.215. The number of aromatic hydroxyl groups is 1. The van der Waals surface area contributed by atoms with E-state index in [0.717, 1.165) is 42.5 Å². The molecule has 1 aliphatic carbocycles. The molecule has 0 aromatic heterocycles. The molecule has 0 spiro atoms. The highest BCUT2D eigenvalue weighted by Gasteiger charge is 2.16. The van der Waals surface area contributed by atoms with Gasteiger partial charge in [0.1, 0.15) is 17.9 Å². The van der Waals surface area contributed by atoms with E-state index in [1.54, 1.807) is 24.3 Å². The van der Waals surface area contributed by atoms with Gasteiger partial charge in [0.2, 0.25) is 5.71 Å². The number of phenolic OH excluding ortho intramolecular Hbond substituents is 1. The lowest BCUT2D eigenvalue weighted by Crippen LogP contribution is -2.07. The summed E-state index contributed by atoms with van der Waals surface area (Å²) >= 11 is 0. The fourth-order valence-electron chi connectivity index (χ4n) is 2.14. The highest BCUT2D eigenvalue weighted by molar-refractivity contribution is 6.10. The zero-order valence-electron chi connectivity index (χ0n) is 9.77. The van der Waals surface area contributed by atoms with Gasteiger partial charge in [-0.1, -0.05) is 0 Å². The molecular formula is C13H12N4O. The second-order valence-electron chi connectivity index (χ2n) is 4.09. The third-order valence-electron chi connectivity index (χ3n) is 3.01. The molecule has 0 atom stereocenters. The van der Waals surface area contributed by atoms with Crippen molar-refractivity contribution in [3.05, 3.63) is 23.3 Å². The fourth-order valence-corrected chi connectivity index (χ4v) is 2.14. The number of phenols is 1. The van der Waals surface area contributed by atoms with E-state index in [1.165, 1.54) is 0 Å². The van der Waals surface area contributed by atoms with Crippen LogP contribution in [0.25, 0.3) is 0 Å². The Hall–Kier alpha value is -2.53. The van der Waals surface area contributed by atoms with Crippen LogP contribution >= 0.6 is 0 Å². The van der Waals surface area contributed by atoms with E-state index in [9.17, 15) is 5.11 Å². The predicted molar refractivity (Wildman–Crippen MR) is 67.0 cm³/mol. The van der Waals surface area contributed by atoms with E-state index in [2.05, 4.69) is 10.5 Å². The zero-order valence-corrected chi connectivity index (χ0v) is 9.77. The number of rotatable bonds is 2. The Kier molecular flexibility index (Phi) is 3.45. The summed E-state index contributed by atoms with van der Waals surface area (Å²) < 4.78 is 0. The molecule has 0 amide bonds. The molecule has 1 aromatic rings. The number of hydrogen-bond donors (Lipinski definition) is 2. The van der Waals surface area contributed by atoms with Crippen LogP contribution in [0.5, 0.6) is 5.75 Å². The van der Waals surface area contributed by atoms with Crippen LogP contribution in [0.4, 0.5) is 5.69 Å². The van der Waals surface area contributed by atoms with Gasteiger partial charge in [0.25, 0.3) is 0 Å². The quantitative estimate of drug-likeness (QED) is 0.470. The molecule has 0 unspecified atom stereocenters. The van der Waals surface area contributed by atoms with Crippen molar-refractivity contribution < 1.29 is 5.11 Å². The van der Waals surface area contributed by atoms with Gasteiger partial charge in [-0.05, 0) is 48.9 Å². The average molecular weight is 240 g/mol. The number of anilines is 1. The lowest BCUT2D eigenvalue weighted by atomic mass is 9.90. The van der Waals surface area contributed by atoms with Crippen molar-refractivity contribution in [3.63, 3.8) is 0 Å². The van der Waals surface area contributed by atoms with E-state index < -0.39 is 0 Å². The maximum absolute atomic E-state index is 9.78. The van der Waals surface area contributed by atoms with Crippen LogP contribution in [0.3, 0.4) is 0 Å². The molecular weight excluding hydrogens is 228 g/mol. The lowest BCUT2D eigenvalue weighted by Gasteiger charge is -2.19. The number of nitrogens with zero attached hydrogens (tertiary/aromatic N) is 3. The molecule has 1 aliphatic rings. The first-order valence-electron chi connectivity index (χ1n) is 5.74. The summed E-state index contributed by atoms with van der Waals surface area (Å²) in [6.45, 7) is 0. The van der Waals surface area contributed by atoms with Crippen LogP contribution in [0.2, 0.25) is 0 Å². The number of nitrogens with one attached hydrogen (secondary N) is 1. The Morgan fingerprint density at radius 1 is 1.17 bits per heavy atom. The van der Waals surface area contributed by atoms with Gasteiger partial charge in [-0.3, -0.25) is 5.43 Å². The van der Waals surface area contributed by atoms with E-state index in [1.807, 2.05) is 0 Å². The number of benzene rings is 1. The highest BCUT2D eigenvalue weighted by Crippen LogP contribution is 2.34. The normalized spacial score (nSPS) is 12.8. The van der Waals surface area contributed by atoms with Gasteiger partial charge in [-0.15, -0.1) is 0 Å². The van der Waals surface area contributed by atoms with Crippen LogP contribution in [0.15, 0.2) is 17.2 Å². The first-order chi connectivity index (χ1) is 8.76. The van der Waals surface area contributed by atoms with Gasteiger partial charge in [0.15, 0.2) is 0 Å². The Balaban J connectivity index is 2.33. The molecule has 2 N–H and O–H groups in total. The van der Waals surface area contributed by atoms with Crippen molar-refractivity contribution in [1.82, 2.24) is 0 Å². The lowest BCUT2D eigenvalue weighted by molar-refractivity contribution is 0.462. The summed E-state index contributed by atoms with van der Waals surface area (Å²) in [5.74, 6) is 0.306. The molecule has 18 heavy (non-hydrogen) atoms. The van der Waals surface area contributed by atoms with Crippen molar-refractivity contribution in [2.45, 2.75) is 25.7 Å². The number of hydrogen-bond acceptors (Lipinski definition) is 5. The van der Waals surface area contributed by atoms with Gasteiger partial charge in [0.05, 0.1) is 5.69 Å². The van der Waals surface area contributed by atoms with Crippen LogP contribution in [-0.4, -0.2) is 10.8 Å². The summed E-state index contributed by atoms with van der Waals surface area (Å²) in [7, 11) is 0. The smallest absolute Gasteiger partial charge is 0.237 e. The largest absolute Gasteiger partial charge is 0.508 e. The van der Waals surface area contributed by atoms with E-state index >= 15 is 0 Å². The van der Waals surface area contributed by atoms with E-state index in [-0.39, 0.29) is 5.71 Å². The summed E-state index contributed by atoms with van der Waals surface area (Å²) in [5.41, 5.74) is 5.24. The topological polar surface area (TPSA) is 92.2 Å². The maximum atomic E-state index is 9.78. The van der Waals surface area contributed by atoms with Crippen LogP contribution in [0.1, 0.15) is 24.0 Å². The summed E-state index contributed by atoms with van der Waals surface area (Å²) in [4.78, 5) is 0. The first-order valence-corrected chi connectivity index (χ1v) is 5.74. The van der Waals surface area contributed by atoms with Crippen molar-refractivity contribution in [1.29, 1.82) is 10.5 Å². The van der Waals surface area contributed by atoms with Gasteiger partial charge < -0.3 is 5.11 Å². The Bertz CT molecular complexity index is 562. The molecule has 90 valence electrons. The Labute approximate surface area is 105 Å². The molecule has 0 saturated carbocycles. The van der Waals surface area contributed by atoms with E-state index in [0.29, 0.717) is 5.75 Å². The van der Waals surface area contributed by atoms with Crippen molar-refractivity contribution >= 4 is 11.4 Å². The molecule has 0 radical (unpaired) electrons. The molecule has 0 saturated heterocycles. The van der Waals surface area contributed by atoms with Crippen molar-refractivity contribution in [3.8, 4) is 17.9 Å². The predicted octanol–water partition coefficient (Wildman–Crippen LogP) is 2.09. The number of nitriles is 2. The second-order valence-corrected chi connectivity index (χ2v) is 4.09. The maximum Gasteiger partial charge on any atom is 0.237 e. The van der Waals surface area contributed by atoms with Crippen molar-refractivity contribution in [2.75, 3.05) is 5.43 Å². The third-order valence-corrected chi connectivity index (χ3v) is 3.01. The van der Waals surface area contributed by atoms with Gasteiger partial charge >= 0.3 is 0 Å². The fraction of sp³-hybridized carbons (Fsp3) is 0.308. The highest BCUT2D eigenvalue weighted by atomic mass is 16.3. The minimum atomic E-state index is -0.215. The molecule has 1 aromatic carbocycles. The van der Waals surface area contributed by atoms with E-state index in [4.69, 9.17) is 10.5 Å². The molecule has 5 heteroatoms. The third kappa shape index (κ3) is 2.26. The molecule has 0 bridgehead atoms. The standard InChI is InChI=1S/C13H12N4O/c14-7-9(8-15)16-17-12-5-6-13(18)11-4-2-1-3-10(11)12/h5-6,17-18H,1-4H2. The van der Waals surface area contributed by atoms with Gasteiger partial charge in [0, 0.05) is 0 Å². The van der Waals surface area contributed by atoms with Gasteiger partial charge in [-0.2, -0.15) is 15.6 Å². The molecule has 5 nitrogen and oxygen atoms in total. The SMILES string of the molecule is N#CC(C#N)=NNc1ccc(O)c2c1CCCC2. The van der Waals surface area contributed by atoms with Crippen molar-refractivity contribution in [2.24, 2.45) is 5.10 Å². The summed E-state index contributed by atoms with van der Waals surface area (Å²) in [6.07, 6.45) is 3.85. The monoisotopic (exact) mass is 240 g/mol. The molecule has 0 aliphatic heterocycles. The molecule has 0 heterocycles. The van der Waals surface area contributed by atoms with Crippen LogP contribution in [0, 0.1) is 22.7 Å². The average Bonchev–Trinajstić information content (AvgIpc) is 2.42. The summed E-state index contributed by atoms with van der Waals surface area (Å²) in [5, 5.41) is 30.7. The molecule has 2 rings (SSSR count). The second kappa shape index (κ2) is 5.20. The zero-order chi connectivity index (χ0) is 13.0. The van der Waals surface area contributed by atoms with Crippen LogP contribution in [-0.2, 0) is 12.8 Å².